The van der Waals surface area contributed by atoms with Gasteiger partial charge in [0.2, 0.25) is 5.95 Å². The van der Waals surface area contributed by atoms with E-state index in [1.807, 2.05) is 30.6 Å². The number of benzene rings is 1. The third-order valence-corrected chi connectivity index (χ3v) is 6.63. The highest BCUT2D eigenvalue weighted by atomic mass is 16.5. The van der Waals surface area contributed by atoms with Gasteiger partial charge in [0.05, 0.1) is 25.2 Å². The summed E-state index contributed by atoms with van der Waals surface area (Å²) >= 11 is 0. The van der Waals surface area contributed by atoms with Gasteiger partial charge in [-0.1, -0.05) is 12.1 Å². The zero-order chi connectivity index (χ0) is 22.2. The fourth-order valence-electron chi connectivity index (χ4n) is 4.82. The Morgan fingerprint density at radius 3 is 2.70 bits per heavy atom. The van der Waals surface area contributed by atoms with Crippen molar-refractivity contribution in [3.8, 4) is 17.3 Å². The van der Waals surface area contributed by atoms with E-state index in [0.717, 1.165) is 54.8 Å². The maximum absolute atomic E-state index is 5.21. The summed E-state index contributed by atoms with van der Waals surface area (Å²) in [5, 5.41) is 14.2. The number of nitrogens with one attached hydrogen (secondary N) is 3. The number of hydrogen-bond acceptors (Lipinski definition) is 8. The molecule has 1 aromatic carbocycles. The molecular formula is C23H25N9O. The van der Waals surface area contributed by atoms with Gasteiger partial charge in [-0.05, 0) is 42.0 Å². The van der Waals surface area contributed by atoms with E-state index >= 15 is 0 Å². The van der Waals surface area contributed by atoms with E-state index in [4.69, 9.17) is 4.74 Å². The van der Waals surface area contributed by atoms with Crippen molar-refractivity contribution in [3.05, 3.63) is 60.2 Å². The number of hydrogen-bond donors (Lipinski definition) is 3. The summed E-state index contributed by atoms with van der Waals surface area (Å²) in [6, 6.07) is 9.95. The number of aromatic nitrogens is 7. The maximum atomic E-state index is 5.21. The van der Waals surface area contributed by atoms with Gasteiger partial charge in [-0.25, -0.2) is 15.0 Å². The molecule has 2 atom stereocenters. The molecule has 1 saturated carbocycles. The molecule has 10 heteroatoms. The Bertz CT molecular complexity index is 1210. The molecule has 2 unspecified atom stereocenters. The Balaban J connectivity index is 1.06. The Kier molecular flexibility index (Phi) is 4.89. The average Bonchev–Trinajstić information content (AvgIpc) is 3.39. The fraction of sp³-hybridized carbons (Fsp3) is 0.348. The van der Waals surface area contributed by atoms with Crippen LogP contribution in [0.2, 0.25) is 0 Å². The predicted molar refractivity (Wildman–Crippen MR) is 123 cm³/mol. The normalized spacial score (nSPS) is 21.1. The minimum Gasteiger partial charge on any atom is -0.497 e. The maximum Gasteiger partial charge on any atom is 0.223 e. The second-order valence-electron chi connectivity index (χ2n) is 8.56. The van der Waals surface area contributed by atoms with Crippen LogP contribution < -0.4 is 15.0 Å². The Labute approximate surface area is 190 Å². The van der Waals surface area contributed by atoms with Gasteiger partial charge >= 0.3 is 0 Å². The van der Waals surface area contributed by atoms with Crippen LogP contribution in [0.5, 0.6) is 5.75 Å². The van der Waals surface area contributed by atoms with Crippen molar-refractivity contribution in [3.63, 3.8) is 0 Å². The molecule has 2 aliphatic rings. The standard InChI is InChI=1S/C23H25N9O/c1-33-15-4-2-14(3-5-15)6-8-24-23-25-9-7-18(28-23)22-26-11-20(29-22)32-12-16-17(13-32)21(16)19-10-27-31-30-19/h2-5,7,9-11,16-17,21H,6,8,12-13H2,1H3,(H,26,29)(H,24,25,28)(H,27,30,31). The molecule has 0 bridgehead atoms. The average molecular weight is 444 g/mol. The van der Waals surface area contributed by atoms with Gasteiger partial charge in [0.1, 0.15) is 17.3 Å². The minimum atomic E-state index is 0.538. The van der Waals surface area contributed by atoms with E-state index in [9.17, 15) is 0 Å². The highest BCUT2D eigenvalue weighted by Gasteiger charge is 2.57. The molecule has 1 aliphatic carbocycles. The number of aromatic amines is 2. The van der Waals surface area contributed by atoms with Crippen LogP contribution in [-0.2, 0) is 6.42 Å². The van der Waals surface area contributed by atoms with Crippen LogP contribution >= 0.6 is 0 Å². The van der Waals surface area contributed by atoms with Crippen LogP contribution in [-0.4, -0.2) is 62.1 Å². The van der Waals surface area contributed by atoms with Crippen molar-refractivity contribution in [1.29, 1.82) is 0 Å². The van der Waals surface area contributed by atoms with Crippen LogP contribution in [0.3, 0.4) is 0 Å². The van der Waals surface area contributed by atoms with Crippen molar-refractivity contribution in [1.82, 2.24) is 35.3 Å². The Morgan fingerprint density at radius 2 is 1.94 bits per heavy atom. The van der Waals surface area contributed by atoms with Crippen molar-refractivity contribution < 1.29 is 4.74 Å². The monoisotopic (exact) mass is 443 g/mol. The van der Waals surface area contributed by atoms with Crippen LogP contribution in [0.25, 0.3) is 11.5 Å². The minimum absolute atomic E-state index is 0.538. The zero-order valence-corrected chi connectivity index (χ0v) is 18.3. The number of imidazole rings is 1. The van der Waals surface area contributed by atoms with Gasteiger partial charge in [-0.15, -0.1) is 0 Å². The summed E-state index contributed by atoms with van der Waals surface area (Å²) in [5.74, 6) is 5.06. The second-order valence-corrected chi connectivity index (χ2v) is 8.56. The number of ether oxygens (including phenoxy) is 1. The molecule has 1 saturated heterocycles. The lowest BCUT2D eigenvalue weighted by molar-refractivity contribution is 0.414. The van der Waals surface area contributed by atoms with Gasteiger partial charge in [0.15, 0.2) is 5.82 Å². The van der Waals surface area contributed by atoms with Gasteiger partial charge in [-0.3, -0.25) is 0 Å². The van der Waals surface area contributed by atoms with E-state index in [-0.39, 0.29) is 0 Å². The summed E-state index contributed by atoms with van der Waals surface area (Å²) in [6.45, 7) is 2.75. The summed E-state index contributed by atoms with van der Waals surface area (Å²) < 4.78 is 5.21. The molecule has 4 heterocycles. The number of nitrogens with zero attached hydrogens (tertiary/aromatic N) is 6. The van der Waals surface area contributed by atoms with Gasteiger partial charge in [0, 0.05) is 31.7 Å². The Hall–Kier alpha value is -3.95. The third-order valence-electron chi connectivity index (χ3n) is 6.63. The first-order valence-corrected chi connectivity index (χ1v) is 11.1. The van der Waals surface area contributed by atoms with Crippen LogP contribution in [0.15, 0.2) is 48.9 Å². The van der Waals surface area contributed by atoms with Crippen LogP contribution in [0.4, 0.5) is 11.8 Å². The van der Waals surface area contributed by atoms with E-state index in [2.05, 4.69) is 57.7 Å². The lowest BCUT2D eigenvalue weighted by Crippen LogP contribution is -2.23. The molecule has 168 valence electrons. The molecule has 3 N–H and O–H groups in total. The molecule has 33 heavy (non-hydrogen) atoms. The van der Waals surface area contributed by atoms with E-state index < -0.39 is 0 Å². The first-order valence-electron chi connectivity index (χ1n) is 11.1. The van der Waals surface area contributed by atoms with Crippen molar-refractivity contribution in [2.24, 2.45) is 11.8 Å². The molecule has 3 aromatic heterocycles. The van der Waals surface area contributed by atoms with Crippen LogP contribution in [0, 0.1) is 11.8 Å². The molecule has 0 spiro atoms. The molecule has 0 radical (unpaired) electrons. The number of H-pyrrole nitrogens is 2. The molecule has 4 aromatic rings. The first-order chi connectivity index (χ1) is 16.3. The van der Waals surface area contributed by atoms with Gasteiger partial charge in [0.25, 0.3) is 0 Å². The van der Waals surface area contributed by atoms with E-state index in [0.29, 0.717) is 23.7 Å². The number of rotatable bonds is 8. The quantitative estimate of drug-likeness (QED) is 0.380. The van der Waals surface area contributed by atoms with Crippen LogP contribution in [0.1, 0.15) is 17.2 Å². The molecule has 6 rings (SSSR count). The van der Waals surface area contributed by atoms with Gasteiger partial charge < -0.3 is 19.9 Å². The second kappa shape index (κ2) is 8.19. The molecule has 10 nitrogen and oxygen atoms in total. The predicted octanol–water partition coefficient (Wildman–Crippen LogP) is 2.50. The summed E-state index contributed by atoms with van der Waals surface area (Å²) in [6.07, 6.45) is 6.37. The molecule has 1 aliphatic heterocycles. The summed E-state index contributed by atoms with van der Waals surface area (Å²) in [7, 11) is 1.67. The van der Waals surface area contributed by atoms with Gasteiger partial charge in [-0.2, -0.15) is 15.4 Å². The summed E-state index contributed by atoms with van der Waals surface area (Å²) in [4.78, 5) is 19.3. The lowest BCUT2D eigenvalue weighted by Gasteiger charge is -2.19. The SMILES string of the molecule is COc1ccc(CCNc2nccc(-c3ncc(N4CC5C(C4)C5c4cn[nH]n4)[nH]3)n2)cc1. The topological polar surface area (TPSA) is 121 Å². The third kappa shape index (κ3) is 3.88. The molecule has 0 amide bonds. The zero-order valence-electron chi connectivity index (χ0n) is 18.3. The van der Waals surface area contributed by atoms with E-state index in [1.165, 1.54) is 5.56 Å². The smallest absolute Gasteiger partial charge is 0.223 e. The molecule has 2 fully saturated rings. The number of methoxy groups -OCH3 is 1. The first kappa shape index (κ1) is 19.7. The summed E-state index contributed by atoms with van der Waals surface area (Å²) in [5.41, 5.74) is 3.08. The van der Waals surface area contributed by atoms with E-state index in [1.54, 1.807) is 13.3 Å². The fourth-order valence-corrected chi connectivity index (χ4v) is 4.82. The Morgan fingerprint density at radius 1 is 1.09 bits per heavy atom. The van der Waals surface area contributed by atoms with Crippen molar-refractivity contribution in [2.45, 2.75) is 12.3 Å². The lowest BCUT2D eigenvalue weighted by atomic mass is 10.1. The number of fused-ring (bicyclic) bond motifs is 1. The highest BCUT2D eigenvalue weighted by molar-refractivity contribution is 5.56. The number of piperidine rings is 1. The number of anilines is 2. The highest BCUT2D eigenvalue weighted by Crippen LogP contribution is 2.57. The largest absolute Gasteiger partial charge is 0.497 e. The van der Waals surface area contributed by atoms with Crippen molar-refractivity contribution >= 4 is 11.8 Å². The van der Waals surface area contributed by atoms with Crippen molar-refractivity contribution in [2.75, 3.05) is 37.0 Å². The molecular weight excluding hydrogens is 418 g/mol.